The number of anilines is 1. The zero-order valence-electron chi connectivity index (χ0n) is 8.26. The van der Waals surface area contributed by atoms with Gasteiger partial charge >= 0.3 is 0 Å². The van der Waals surface area contributed by atoms with E-state index in [1.54, 1.807) is 35.7 Å². The predicted molar refractivity (Wildman–Crippen MR) is 66.8 cm³/mol. The summed E-state index contributed by atoms with van der Waals surface area (Å²) in [4.78, 5) is 11.9. The fourth-order valence-electron chi connectivity index (χ4n) is 1.27. The van der Waals surface area contributed by atoms with Crippen LogP contribution in [0.25, 0.3) is 0 Å². The SMILES string of the molecule is NN(C(=O)c1ccsc1)c1cccc(Cl)c1. The standard InChI is InChI=1S/C11H9ClN2OS/c12-9-2-1-3-10(6-9)14(13)11(15)8-4-5-16-7-8/h1-7H,13H2. The first-order valence-electron chi connectivity index (χ1n) is 4.55. The third kappa shape index (κ3) is 2.24. The zero-order valence-corrected chi connectivity index (χ0v) is 9.83. The third-order valence-corrected chi connectivity index (χ3v) is 2.99. The number of carbonyl (C=O) groups excluding carboxylic acids is 1. The van der Waals surface area contributed by atoms with Gasteiger partial charge in [0.05, 0.1) is 11.3 Å². The van der Waals surface area contributed by atoms with Crippen molar-refractivity contribution in [1.29, 1.82) is 0 Å². The molecule has 2 rings (SSSR count). The number of carbonyl (C=O) groups is 1. The summed E-state index contributed by atoms with van der Waals surface area (Å²) in [6.45, 7) is 0. The molecule has 0 aliphatic heterocycles. The van der Waals surface area contributed by atoms with Gasteiger partial charge in [-0.2, -0.15) is 11.3 Å². The molecular weight excluding hydrogens is 244 g/mol. The number of hydrogen-bond acceptors (Lipinski definition) is 3. The predicted octanol–water partition coefficient (Wildman–Crippen LogP) is 2.92. The van der Waals surface area contributed by atoms with Crippen molar-refractivity contribution in [2.75, 3.05) is 5.01 Å². The maximum atomic E-state index is 11.9. The lowest BCUT2D eigenvalue weighted by Crippen LogP contribution is -2.37. The minimum absolute atomic E-state index is 0.247. The fourth-order valence-corrected chi connectivity index (χ4v) is 2.08. The summed E-state index contributed by atoms with van der Waals surface area (Å²) in [5, 5.41) is 5.23. The number of rotatable bonds is 2. The highest BCUT2D eigenvalue weighted by Crippen LogP contribution is 2.19. The molecule has 0 aliphatic carbocycles. The molecule has 2 N–H and O–H groups in total. The molecule has 0 bridgehead atoms. The van der Waals surface area contributed by atoms with E-state index in [1.165, 1.54) is 11.3 Å². The van der Waals surface area contributed by atoms with Crippen LogP contribution >= 0.6 is 22.9 Å². The maximum Gasteiger partial charge on any atom is 0.273 e. The van der Waals surface area contributed by atoms with Crippen molar-refractivity contribution in [3.05, 3.63) is 51.7 Å². The molecule has 0 fully saturated rings. The van der Waals surface area contributed by atoms with Gasteiger partial charge in [-0.05, 0) is 29.6 Å². The molecular formula is C11H9ClN2OS. The van der Waals surface area contributed by atoms with E-state index in [-0.39, 0.29) is 5.91 Å². The van der Waals surface area contributed by atoms with Gasteiger partial charge in [0.1, 0.15) is 0 Å². The molecule has 16 heavy (non-hydrogen) atoms. The highest BCUT2D eigenvalue weighted by atomic mass is 35.5. The smallest absolute Gasteiger partial charge is 0.267 e. The second-order valence-electron chi connectivity index (χ2n) is 3.17. The van der Waals surface area contributed by atoms with Crippen LogP contribution in [0.15, 0.2) is 41.1 Å². The molecule has 0 spiro atoms. The van der Waals surface area contributed by atoms with E-state index >= 15 is 0 Å². The summed E-state index contributed by atoms with van der Waals surface area (Å²) in [5.41, 5.74) is 1.15. The molecule has 1 aromatic heterocycles. The van der Waals surface area contributed by atoms with E-state index in [4.69, 9.17) is 17.4 Å². The normalized spacial score (nSPS) is 10.1. The van der Waals surface area contributed by atoms with Gasteiger partial charge in [0.25, 0.3) is 5.91 Å². The minimum Gasteiger partial charge on any atom is -0.267 e. The second kappa shape index (κ2) is 4.65. The van der Waals surface area contributed by atoms with Crippen molar-refractivity contribution in [2.45, 2.75) is 0 Å². The molecule has 0 saturated carbocycles. The number of nitrogens with two attached hydrogens (primary N) is 1. The molecule has 1 amide bonds. The van der Waals surface area contributed by atoms with Gasteiger partial charge in [0.2, 0.25) is 0 Å². The van der Waals surface area contributed by atoms with Gasteiger partial charge < -0.3 is 0 Å². The van der Waals surface area contributed by atoms with Crippen molar-refractivity contribution in [3.63, 3.8) is 0 Å². The molecule has 82 valence electrons. The topological polar surface area (TPSA) is 46.3 Å². The quantitative estimate of drug-likeness (QED) is 0.508. The van der Waals surface area contributed by atoms with Crippen molar-refractivity contribution in [3.8, 4) is 0 Å². The van der Waals surface area contributed by atoms with Gasteiger partial charge in [-0.3, -0.25) is 4.79 Å². The van der Waals surface area contributed by atoms with E-state index in [0.717, 1.165) is 5.01 Å². The lowest BCUT2D eigenvalue weighted by molar-refractivity contribution is 0.0987. The van der Waals surface area contributed by atoms with Crippen LogP contribution < -0.4 is 10.9 Å². The largest absolute Gasteiger partial charge is 0.273 e. The van der Waals surface area contributed by atoms with Crippen molar-refractivity contribution < 1.29 is 4.79 Å². The maximum absolute atomic E-state index is 11.9. The third-order valence-electron chi connectivity index (χ3n) is 2.07. The van der Waals surface area contributed by atoms with Gasteiger partial charge in [-0.15, -0.1) is 0 Å². The Kier molecular flexibility index (Phi) is 3.24. The average Bonchev–Trinajstić information content (AvgIpc) is 2.80. The molecule has 0 saturated heterocycles. The molecule has 2 aromatic rings. The van der Waals surface area contributed by atoms with Crippen LogP contribution in [0.3, 0.4) is 0 Å². The lowest BCUT2D eigenvalue weighted by atomic mass is 10.2. The Morgan fingerprint density at radius 1 is 1.38 bits per heavy atom. The number of amides is 1. The fraction of sp³-hybridized carbons (Fsp3) is 0. The monoisotopic (exact) mass is 252 g/mol. The molecule has 0 unspecified atom stereocenters. The zero-order chi connectivity index (χ0) is 11.5. The Labute approximate surface area is 102 Å². The summed E-state index contributed by atoms with van der Waals surface area (Å²) < 4.78 is 0. The van der Waals surface area contributed by atoms with Crippen LogP contribution in [-0.2, 0) is 0 Å². The molecule has 0 radical (unpaired) electrons. The Hall–Kier alpha value is -1.36. The molecule has 0 aliphatic rings. The lowest BCUT2D eigenvalue weighted by Gasteiger charge is -2.15. The van der Waals surface area contributed by atoms with Gasteiger partial charge in [0, 0.05) is 10.4 Å². The Balaban J connectivity index is 2.26. The Morgan fingerprint density at radius 2 is 2.19 bits per heavy atom. The summed E-state index contributed by atoms with van der Waals surface area (Å²) in [7, 11) is 0. The first-order valence-corrected chi connectivity index (χ1v) is 5.87. The molecule has 1 aromatic carbocycles. The number of nitrogens with zero attached hydrogens (tertiary/aromatic N) is 1. The molecule has 1 heterocycles. The van der Waals surface area contributed by atoms with Crippen LogP contribution in [0.4, 0.5) is 5.69 Å². The second-order valence-corrected chi connectivity index (χ2v) is 4.38. The van der Waals surface area contributed by atoms with Gasteiger partial charge in [0.15, 0.2) is 0 Å². The first-order chi connectivity index (χ1) is 7.68. The summed E-state index contributed by atoms with van der Waals surface area (Å²) >= 11 is 7.28. The van der Waals surface area contributed by atoms with E-state index in [2.05, 4.69) is 0 Å². The van der Waals surface area contributed by atoms with Crippen LogP contribution in [0.2, 0.25) is 5.02 Å². The highest BCUT2D eigenvalue weighted by molar-refractivity contribution is 7.08. The molecule has 5 heteroatoms. The van der Waals surface area contributed by atoms with Crippen LogP contribution in [-0.4, -0.2) is 5.91 Å². The van der Waals surface area contributed by atoms with Crippen molar-refractivity contribution >= 4 is 34.5 Å². The number of hydrogen-bond donors (Lipinski definition) is 1. The van der Waals surface area contributed by atoms with Crippen LogP contribution in [0.1, 0.15) is 10.4 Å². The minimum atomic E-state index is -0.247. The molecule has 0 atom stereocenters. The first kappa shape index (κ1) is 11.1. The number of halogens is 1. The number of thiophene rings is 1. The highest BCUT2D eigenvalue weighted by Gasteiger charge is 2.14. The van der Waals surface area contributed by atoms with Gasteiger partial charge in [-0.25, -0.2) is 10.9 Å². The van der Waals surface area contributed by atoms with E-state index < -0.39 is 0 Å². The number of benzene rings is 1. The number of hydrazine groups is 1. The summed E-state index contributed by atoms with van der Waals surface area (Å²) in [6.07, 6.45) is 0. The average molecular weight is 253 g/mol. The Morgan fingerprint density at radius 3 is 2.81 bits per heavy atom. The Bertz CT molecular complexity index is 498. The van der Waals surface area contributed by atoms with Crippen LogP contribution in [0.5, 0.6) is 0 Å². The van der Waals surface area contributed by atoms with E-state index in [0.29, 0.717) is 16.3 Å². The van der Waals surface area contributed by atoms with E-state index in [1.807, 2.05) is 5.38 Å². The molecule has 3 nitrogen and oxygen atoms in total. The van der Waals surface area contributed by atoms with Crippen LogP contribution in [0, 0.1) is 0 Å². The van der Waals surface area contributed by atoms with E-state index in [9.17, 15) is 4.79 Å². The van der Waals surface area contributed by atoms with Gasteiger partial charge in [-0.1, -0.05) is 17.7 Å². The van der Waals surface area contributed by atoms with Crippen molar-refractivity contribution in [2.24, 2.45) is 5.84 Å². The summed E-state index contributed by atoms with van der Waals surface area (Å²) in [6, 6.07) is 8.59. The summed E-state index contributed by atoms with van der Waals surface area (Å²) in [5.74, 6) is 5.48. The van der Waals surface area contributed by atoms with Crippen molar-refractivity contribution in [1.82, 2.24) is 0 Å².